The number of halogens is 2. The topological polar surface area (TPSA) is 91.0 Å². The molecule has 0 unspecified atom stereocenters. The summed E-state index contributed by atoms with van der Waals surface area (Å²) in [6, 6.07) is 3.23. The smallest absolute Gasteiger partial charge is 0.279 e. The van der Waals surface area contributed by atoms with Gasteiger partial charge < -0.3 is 9.64 Å². The van der Waals surface area contributed by atoms with E-state index in [1.54, 1.807) is 24.9 Å². The fraction of sp³-hybridized carbons (Fsp3) is 0.375. The van der Waals surface area contributed by atoms with E-state index < -0.39 is 17.2 Å². The van der Waals surface area contributed by atoms with E-state index in [9.17, 15) is 13.6 Å². The van der Waals surface area contributed by atoms with Gasteiger partial charge in [0.05, 0.1) is 18.3 Å². The van der Waals surface area contributed by atoms with E-state index in [0.29, 0.717) is 18.9 Å². The summed E-state index contributed by atoms with van der Waals surface area (Å²) in [7, 11) is 3.43. The quantitative estimate of drug-likeness (QED) is 0.444. The molecule has 0 spiro atoms. The third kappa shape index (κ3) is 4.16. The minimum absolute atomic E-state index is 0.0385. The number of nitrogens with zero attached hydrogens (tertiary/aromatic N) is 7. The first-order chi connectivity index (χ1) is 16.5. The normalized spacial score (nSPS) is 17.8. The number of benzene rings is 1. The predicted molar refractivity (Wildman–Crippen MR) is 126 cm³/mol. The molecular weight excluding hydrogens is 456 g/mol. The molecule has 0 aliphatic carbocycles. The van der Waals surface area contributed by atoms with Gasteiger partial charge in [0.15, 0.2) is 5.52 Å². The van der Waals surface area contributed by atoms with Crippen molar-refractivity contribution in [1.82, 2.24) is 29.3 Å². The maximum atomic E-state index is 14.9. The van der Waals surface area contributed by atoms with Crippen LogP contribution in [0.1, 0.15) is 31.3 Å². The number of aryl methyl sites for hydroxylation is 2. The second kappa shape index (κ2) is 8.19. The van der Waals surface area contributed by atoms with Crippen molar-refractivity contribution in [3.05, 3.63) is 64.0 Å². The van der Waals surface area contributed by atoms with Crippen LogP contribution in [0.3, 0.4) is 0 Å². The second-order valence-electron chi connectivity index (χ2n) is 9.41. The first kappa shape index (κ1) is 23.0. The van der Waals surface area contributed by atoms with E-state index in [1.807, 2.05) is 32.0 Å². The lowest BCUT2D eigenvalue weighted by Gasteiger charge is -2.42. The third-order valence-electron chi connectivity index (χ3n) is 6.12. The SMILES string of the molecule is Cc1nc2c(-c3ccc(F)cc3F)nc(N3C[C@@H](c4cnn(C)c4)OC(C)(C)C3)nc2c(=O)n1C. The lowest BCUT2D eigenvalue weighted by atomic mass is 10.0. The molecule has 9 nitrogen and oxygen atoms in total. The van der Waals surface area contributed by atoms with E-state index >= 15 is 0 Å². The van der Waals surface area contributed by atoms with Crippen LogP contribution >= 0.6 is 0 Å². The highest BCUT2D eigenvalue weighted by atomic mass is 19.1. The summed E-state index contributed by atoms with van der Waals surface area (Å²) in [6.45, 7) is 6.40. The number of rotatable bonds is 3. The molecule has 1 fully saturated rings. The molecule has 4 heterocycles. The van der Waals surface area contributed by atoms with Crippen LogP contribution in [0, 0.1) is 18.6 Å². The Hall–Kier alpha value is -3.73. The van der Waals surface area contributed by atoms with Gasteiger partial charge in [-0.1, -0.05) is 0 Å². The van der Waals surface area contributed by atoms with Gasteiger partial charge in [-0.25, -0.2) is 23.7 Å². The first-order valence-corrected chi connectivity index (χ1v) is 11.1. The molecule has 1 aliphatic heterocycles. The van der Waals surface area contributed by atoms with Crippen LogP contribution < -0.4 is 10.5 Å². The van der Waals surface area contributed by atoms with Gasteiger partial charge in [-0.05, 0) is 32.9 Å². The van der Waals surface area contributed by atoms with Crippen LogP contribution in [0.2, 0.25) is 0 Å². The van der Waals surface area contributed by atoms with E-state index in [4.69, 9.17) is 4.74 Å². The van der Waals surface area contributed by atoms with E-state index in [1.165, 1.54) is 10.6 Å². The van der Waals surface area contributed by atoms with Crippen LogP contribution in [0.4, 0.5) is 14.7 Å². The Morgan fingerprint density at radius 1 is 1.11 bits per heavy atom. The average Bonchev–Trinajstić information content (AvgIpc) is 3.23. The fourth-order valence-corrected chi connectivity index (χ4v) is 4.37. The minimum Gasteiger partial charge on any atom is -0.364 e. The molecule has 1 atom stereocenters. The van der Waals surface area contributed by atoms with Gasteiger partial charge in [0.25, 0.3) is 5.56 Å². The van der Waals surface area contributed by atoms with E-state index in [0.717, 1.165) is 17.7 Å². The van der Waals surface area contributed by atoms with Crippen molar-refractivity contribution in [2.24, 2.45) is 14.1 Å². The van der Waals surface area contributed by atoms with Crippen LogP contribution in [0.5, 0.6) is 0 Å². The number of hydrogen-bond acceptors (Lipinski definition) is 7. The lowest BCUT2D eigenvalue weighted by Crippen LogP contribution is -2.50. The van der Waals surface area contributed by atoms with Gasteiger partial charge in [-0.2, -0.15) is 5.10 Å². The maximum absolute atomic E-state index is 14.9. The van der Waals surface area contributed by atoms with Crippen LogP contribution in [0.15, 0.2) is 35.4 Å². The molecule has 1 saturated heterocycles. The maximum Gasteiger partial charge on any atom is 0.279 e. The van der Waals surface area contributed by atoms with Crippen molar-refractivity contribution in [1.29, 1.82) is 0 Å². The molecule has 182 valence electrons. The number of fused-ring (bicyclic) bond motifs is 1. The molecule has 3 aromatic heterocycles. The van der Waals surface area contributed by atoms with Crippen molar-refractivity contribution in [3.8, 4) is 11.3 Å². The zero-order valence-electron chi connectivity index (χ0n) is 20.1. The summed E-state index contributed by atoms with van der Waals surface area (Å²) >= 11 is 0. The summed E-state index contributed by atoms with van der Waals surface area (Å²) in [5.74, 6) is -0.846. The summed E-state index contributed by atoms with van der Waals surface area (Å²) in [5.41, 5.74) is 0.331. The Bertz CT molecular complexity index is 1510. The van der Waals surface area contributed by atoms with Crippen molar-refractivity contribution < 1.29 is 13.5 Å². The highest BCUT2D eigenvalue weighted by molar-refractivity contribution is 5.89. The number of morpholine rings is 1. The molecule has 35 heavy (non-hydrogen) atoms. The monoisotopic (exact) mass is 481 g/mol. The molecule has 5 rings (SSSR count). The van der Waals surface area contributed by atoms with Crippen molar-refractivity contribution in [3.63, 3.8) is 0 Å². The van der Waals surface area contributed by atoms with Gasteiger partial charge in [0.1, 0.15) is 34.8 Å². The van der Waals surface area contributed by atoms with Crippen LogP contribution in [-0.2, 0) is 18.8 Å². The van der Waals surface area contributed by atoms with Crippen molar-refractivity contribution in [2.75, 3.05) is 18.0 Å². The third-order valence-corrected chi connectivity index (χ3v) is 6.12. The Morgan fingerprint density at radius 2 is 1.89 bits per heavy atom. The fourth-order valence-electron chi connectivity index (χ4n) is 4.37. The minimum atomic E-state index is -0.799. The largest absolute Gasteiger partial charge is 0.364 e. The summed E-state index contributed by atoms with van der Waals surface area (Å²) in [5, 5.41) is 4.24. The molecule has 4 aromatic rings. The Labute approximate surface area is 200 Å². The van der Waals surface area contributed by atoms with Gasteiger partial charge in [-0.3, -0.25) is 14.0 Å². The second-order valence-corrected chi connectivity index (χ2v) is 9.41. The molecule has 0 bridgehead atoms. The van der Waals surface area contributed by atoms with Gasteiger partial charge >= 0.3 is 0 Å². The summed E-state index contributed by atoms with van der Waals surface area (Å²) in [4.78, 5) is 28.8. The van der Waals surface area contributed by atoms with Crippen molar-refractivity contribution in [2.45, 2.75) is 32.5 Å². The lowest BCUT2D eigenvalue weighted by molar-refractivity contribution is -0.0859. The predicted octanol–water partition coefficient (Wildman–Crippen LogP) is 3.07. The summed E-state index contributed by atoms with van der Waals surface area (Å²) in [6.07, 6.45) is 3.30. The Balaban J connectivity index is 1.71. The molecule has 0 amide bonds. The van der Waals surface area contributed by atoms with E-state index in [2.05, 4.69) is 20.1 Å². The van der Waals surface area contributed by atoms with Gasteiger partial charge in [-0.15, -0.1) is 0 Å². The Morgan fingerprint density at radius 3 is 2.57 bits per heavy atom. The number of anilines is 1. The van der Waals surface area contributed by atoms with E-state index in [-0.39, 0.29) is 39.9 Å². The van der Waals surface area contributed by atoms with Crippen LogP contribution in [-0.4, -0.2) is 48.0 Å². The van der Waals surface area contributed by atoms with Crippen LogP contribution in [0.25, 0.3) is 22.3 Å². The molecule has 0 radical (unpaired) electrons. The Kier molecular flexibility index (Phi) is 5.39. The molecule has 0 N–H and O–H groups in total. The first-order valence-electron chi connectivity index (χ1n) is 11.1. The number of ether oxygens (including phenoxy) is 1. The highest BCUT2D eigenvalue weighted by Crippen LogP contribution is 2.34. The molecule has 11 heteroatoms. The number of aromatic nitrogens is 6. The summed E-state index contributed by atoms with van der Waals surface area (Å²) < 4.78 is 37.9. The number of hydrogen-bond donors (Lipinski definition) is 0. The highest BCUT2D eigenvalue weighted by Gasteiger charge is 2.36. The molecule has 0 saturated carbocycles. The zero-order valence-corrected chi connectivity index (χ0v) is 20.1. The molecule has 1 aliphatic rings. The molecule has 1 aromatic carbocycles. The van der Waals surface area contributed by atoms with Gasteiger partial charge in [0, 0.05) is 44.0 Å². The van der Waals surface area contributed by atoms with Crippen molar-refractivity contribution >= 4 is 17.0 Å². The average molecular weight is 482 g/mol. The molecular formula is C24H25F2N7O2. The zero-order chi connectivity index (χ0) is 25.1. The standard InChI is InChI=1S/C24H25F2N7O2/c1-13-28-20-19(16-7-6-15(25)8-17(16)26)29-23(30-21(20)22(34)32(13)5)33-11-18(35-24(2,3)12-33)14-9-27-31(4)10-14/h6-10,18H,11-12H2,1-5H3/t18-/m0/s1. The van der Waals surface area contributed by atoms with Gasteiger partial charge in [0.2, 0.25) is 5.95 Å².